The highest BCUT2D eigenvalue weighted by atomic mass is 16.4. The Kier molecular flexibility index (Phi) is 2.45. The normalized spacial score (nSPS) is 17.1. The van der Waals surface area contributed by atoms with E-state index in [1.54, 1.807) is 25.1 Å². The second-order valence-corrected chi connectivity index (χ2v) is 4.99. The molecule has 1 aromatic heterocycles. The smallest absolute Gasteiger partial charge is 0.317 e. The molecule has 0 atom stereocenters. The highest BCUT2D eigenvalue weighted by Crippen LogP contribution is 2.44. The fraction of sp³-hybridized carbons (Fsp3) is 0.357. The fourth-order valence-corrected chi connectivity index (χ4v) is 2.53. The van der Waals surface area contributed by atoms with E-state index in [2.05, 4.69) is 4.98 Å². The lowest BCUT2D eigenvalue weighted by molar-refractivity contribution is -0.150. The molecule has 5 nitrogen and oxygen atoms in total. The number of carbonyl (C=O) groups is 2. The van der Waals surface area contributed by atoms with Crippen molar-refractivity contribution >= 4 is 22.9 Å². The molecule has 1 N–H and O–H groups in total. The number of carboxylic acid groups (broad SMARTS) is 1. The largest absolute Gasteiger partial charge is 0.480 e. The molecule has 0 amide bonds. The van der Waals surface area contributed by atoms with Crippen LogP contribution in [0.3, 0.4) is 0 Å². The topological polar surface area (TPSA) is 80.4 Å². The van der Waals surface area contributed by atoms with Crippen LogP contribution >= 0.6 is 0 Å². The van der Waals surface area contributed by atoms with E-state index < -0.39 is 11.4 Å². The van der Waals surface area contributed by atoms with Crippen LogP contribution in [0.4, 0.5) is 0 Å². The van der Waals surface area contributed by atoms with E-state index >= 15 is 0 Å². The van der Waals surface area contributed by atoms with Gasteiger partial charge in [-0.1, -0.05) is 6.42 Å². The van der Waals surface area contributed by atoms with Crippen LogP contribution < -0.4 is 0 Å². The Morgan fingerprint density at radius 1 is 1.37 bits per heavy atom. The third-order valence-electron chi connectivity index (χ3n) is 3.81. The number of carbonyl (C=O) groups excluding carboxylic acids is 1. The van der Waals surface area contributed by atoms with Crippen molar-refractivity contribution in [3.8, 4) is 0 Å². The van der Waals surface area contributed by atoms with Gasteiger partial charge in [0.1, 0.15) is 10.9 Å². The standard InChI is InChI=1S/C14H13NO4/c1-8-15-10-4-3-9(7-11(10)19-8)12(16)14(13(17)18)5-2-6-14/h3-4,7H,2,5-6H2,1H3,(H,17,18). The first-order valence-corrected chi connectivity index (χ1v) is 6.18. The van der Waals surface area contributed by atoms with Gasteiger partial charge in [-0.15, -0.1) is 0 Å². The summed E-state index contributed by atoms with van der Waals surface area (Å²) in [7, 11) is 0. The third kappa shape index (κ3) is 1.65. The van der Waals surface area contributed by atoms with Crippen LogP contribution in [-0.4, -0.2) is 21.8 Å². The lowest BCUT2D eigenvalue weighted by atomic mass is 9.64. The van der Waals surface area contributed by atoms with Crippen molar-refractivity contribution in [2.75, 3.05) is 0 Å². The van der Waals surface area contributed by atoms with Gasteiger partial charge in [-0.05, 0) is 31.0 Å². The molecule has 1 fully saturated rings. The number of hydrogen-bond acceptors (Lipinski definition) is 4. The average molecular weight is 259 g/mol. The molecule has 0 aliphatic heterocycles. The predicted molar refractivity (Wildman–Crippen MR) is 67.0 cm³/mol. The number of nitrogens with zero attached hydrogens (tertiary/aromatic N) is 1. The summed E-state index contributed by atoms with van der Waals surface area (Å²) in [6, 6.07) is 4.89. The lowest BCUT2D eigenvalue weighted by Crippen LogP contribution is -2.45. The molecule has 19 heavy (non-hydrogen) atoms. The molecular formula is C14H13NO4. The van der Waals surface area contributed by atoms with Gasteiger partial charge >= 0.3 is 5.97 Å². The minimum atomic E-state index is -1.23. The van der Waals surface area contributed by atoms with Gasteiger partial charge in [-0.25, -0.2) is 4.98 Å². The molecule has 0 radical (unpaired) electrons. The summed E-state index contributed by atoms with van der Waals surface area (Å²) >= 11 is 0. The van der Waals surface area contributed by atoms with Crippen molar-refractivity contribution < 1.29 is 19.1 Å². The molecule has 1 aromatic carbocycles. The first-order chi connectivity index (χ1) is 9.03. The van der Waals surface area contributed by atoms with Gasteiger partial charge in [0.25, 0.3) is 0 Å². The fourth-order valence-electron chi connectivity index (χ4n) is 2.53. The summed E-state index contributed by atoms with van der Waals surface area (Å²) < 4.78 is 5.37. The van der Waals surface area contributed by atoms with E-state index in [4.69, 9.17) is 4.42 Å². The van der Waals surface area contributed by atoms with Crippen LogP contribution in [0.15, 0.2) is 22.6 Å². The van der Waals surface area contributed by atoms with E-state index in [0.29, 0.717) is 35.4 Å². The first-order valence-electron chi connectivity index (χ1n) is 6.18. The van der Waals surface area contributed by atoms with Gasteiger partial charge in [0.15, 0.2) is 17.3 Å². The van der Waals surface area contributed by atoms with E-state index in [9.17, 15) is 14.7 Å². The molecule has 0 spiro atoms. The molecule has 1 aliphatic carbocycles. The minimum absolute atomic E-state index is 0.331. The number of oxazole rings is 1. The zero-order valence-electron chi connectivity index (χ0n) is 10.5. The SMILES string of the molecule is Cc1nc2ccc(C(=O)C3(C(=O)O)CCC3)cc2o1. The van der Waals surface area contributed by atoms with Crippen molar-refractivity contribution in [2.24, 2.45) is 5.41 Å². The Hall–Kier alpha value is -2.17. The van der Waals surface area contributed by atoms with Crippen LogP contribution in [0.25, 0.3) is 11.1 Å². The van der Waals surface area contributed by atoms with Crippen molar-refractivity contribution in [1.82, 2.24) is 4.98 Å². The van der Waals surface area contributed by atoms with Crippen LogP contribution in [0, 0.1) is 12.3 Å². The summed E-state index contributed by atoms with van der Waals surface area (Å²) in [5.74, 6) is -0.837. The lowest BCUT2D eigenvalue weighted by Gasteiger charge is -2.35. The van der Waals surface area contributed by atoms with Crippen molar-refractivity contribution in [2.45, 2.75) is 26.2 Å². The van der Waals surface area contributed by atoms with Crippen LogP contribution in [0.5, 0.6) is 0 Å². The Morgan fingerprint density at radius 3 is 2.68 bits per heavy atom. The number of benzene rings is 1. The Bertz CT molecular complexity index is 682. The van der Waals surface area contributed by atoms with Crippen molar-refractivity contribution in [3.05, 3.63) is 29.7 Å². The summed E-state index contributed by atoms with van der Waals surface area (Å²) in [4.78, 5) is 27.9. The summed E-state index contributed by atoms with van der Waals surface area (Å²) in [6.45, 7) is 1.73. The van der Waals surface area contributed by atoms with Gasteiger partial charge in [-0.3, -0.25) is 9.59 Å². The quantitative estimate of drug-likeness (QED) is 0.676. The number of fused-ring (bicyclic) bond motifs is 1. The maximum atomic E-state index is 12.4. The summed E-state index contributed by atoms with van der Waals surface area (Å²) in [6.07, 6.45) is 1.60. The third-order valence-corrected chi connectivity index (χ3v) is 3.81. The van der Waals surface area contributed by atoms with Gasteiger partial charge in [0.05, 0.1) is 0 Å². The maximum Gasteiger partial charge on any atom is 0.317 e. The molecule has 98 valence electrons. The molecule has 0 saturated heterocycles. The number of carboxylic acids is 1. The zero-order valence-corrected chi connectivity index (χ0v) is 10.5. The van der Waals surface area contributed by atoms with Crippen molar-refractivity contribution in [3.63, 3.8) is 0 Å². The van der Waals surface area contributed by atoms with Gasteiger partial charge in [0.2, 0.25) is 0 Å². The second-order valence-electron chi connectivity index (χ2n) is 4.99. The van der Waals surface area contributed by atoms with E-state index in [1.165, 1.54) is 0 Å². The molecule has 1 aliphatic rings. The summed E-state index contributed by atoms with van der Waals surface area (Å²) in [5, 5.41) is 9.28. The van der Waals surface area contributed by atoms with Gasteiger partial charge in [-0.2, -0.15) is 0 Å². The van der Waals surface area contributed by atoms with Crippen LogP contribution in [-0.2, 0) is 4.79 Å². The Morgan fingerprint density at radius 2 is 2.11 bits per heavy atom. The molecule has 1 heterocycles. The van der Waals surface area contributed by atoms with Crippen molar-refractivity contribution in [1.29, 1.82) is 0 Å². The molecule has 3 rings (SSSR count). The molecule has 0 bridgehead atoms. The molecule has 0 unspecified atom stereocenters. The highest BCUT2D eigenvalue weighted by Gasteiger charge is 2.51. The number of hydrogen-bond donors (Lipinski definition) is 1. The van der Waals surface area contributed by atoms with E-state index in [0.717, 1.165) is 6.42 Å². The van der Waals surface area contributed by atoms with E-state index in [-0.39, 0.29) is 5.78 Å². The number of aromatic nitrogens is 1. The van der Waals surface area contributed by atoms with E-state index in [1.807, 2.05) is 0 Å². The molecule has 1 saturated carbocycles. The highest BCUT2D eigenvalue weighted by molar-refractivity contribution is 6.13. The van der Waals surface area contributed by atoms with Gasteiger partial charge < -0.3 is 9.52 Å². The number of ketones is 1. The number of aliphatic carboxylic acids is 1. The summed E-state index contributed by atoms with van der Waals surface area (Å²) in [5.41, 5.74) is 0.337. The molecule has 2 aromatic rings. The van der Waals surface area contributed by atoms with Crippen LogP contribution in [0.2, 0.25) is 0 Å². The second kappa shape index (κ2) is 3.91. The minimum Gasteiger partial charge on any atom is -0.480 e. The zero-order chi connectivity index (χ0) is 13.6. The monoisotopic (exact) mass is 259 g/mol. The predicted octanol–water partition coefficient (Wildman–Crippen LogP) is 2.57. The molecule has 5 heteroatoms. The number of Topliss-reactive ketones (excluding diaryl/α,β-unsaturated/α-hetero) is 1. The van der Waals surface area contributed by atoms with Crippen LogP contribution in [0.1, 0.15) is 35.5 Å². The number of rotatable bonds is 3. The Balaban J connectivity index is 2.04. The molecular weight excluding hydrogens is 246 g/mol. The first kappa shape index (κ1) is 11.9. The maximum absolute atomic E-state index is 12.4. The van der Waals surface area contributed by atoms with Gasteiger partial charge in [0, 0.05) is 12.5 Å². The average Bonchev–Trinajstić information content (AvgIpc) is 2.65. The Labute approximate surface area is 109 Å². The number of aryl methyl sites for hydroxylation is 1.